The van der Waals surface area contributed by atoms with Crippen LogP contribution in [0.25, 0.3) is 10.9 Å². The highest BCUT2D eigenvalue weighted by atomic mass is 19.4. The number of carbonyl (C=O) groups excluding carboxylic acids is 1. The van der Waals surface area contributed by atoms with Crippen molar-refractivity contribution in [2.45, 2.75) is 12.6 Å². The van der Waals surface area contributed by atoms with Crippen LogP contribution in [0.2, 0.25) is 0 Å². The van der Waals surface area contributed by atoms with Crippen molar-refractivity contribution in [3.05, 3.63) is 71.4 Å². The lowest BCUT2D eigenvalue weighted by Gasteiger charge is -2.08. The number of aromatic nitrogens is 1. The minimum atomic E-state index is -4.40. The van der Waals surface area contributed by atoms with Crippen LogP contribution < -0.4 is 5.32 Å². The summed E-state index contributed by atoms with van der Waals surface area (Å²) in [6, 6.07) is 12.2. The SMILES string of the molecule is O=C(NCCc1ccc2[nH]ccc2c1)c1ccc(C(F)(F)F)cc1. The lowest BCUT2D eigenvalue weighted by atomic mass is 10.1. The van der Waals surface area contributed by atoms with Gasteiger partial charge in [-0.1, -0.05) is 6.07 Å². The van der Waals surface area contributed by atoms with Crippen LogP contribution in [0.4, 0.5) is 13.2 Å². The van der Waals surface area contributed by atoms with Crippen molar-refractivity contribution in [1.82, 2.24) is 10.3 Å². The van der Waals surface area contributed by atoms with Crippen molar-refractivity contribution >= 4 is 16.8 Å². The van der Waals surface area contributed by atoms with Gasteiger partial charge < -0.3 is 10.3 Å². The summed E-state index contributed by atoms with van der Waals surface area (Å²) in [6.07, 6.45) is -1.89. The minimum Gasteiger partial charge on any atom is -0.361 e. The van der Waals surface area contributed by atoms with Gasteiger partial charge in [-0.05, 0) is 59.8 Å². The maximum Gasteiger partial charge on any atom is 0.416 e. The molecule has 0 saturated heterocycles. The smallest absolute Gasteiger partial charge is 0.361 e. The third kappa shape index (κ3) is 3.59. The van der Waals surface area contributed by atoms with Gasteiger partial charge in [0.2, 0.25) is 0 Å². The molecule has 0 aliphatic rings. The molecule has 24 heavy (non-hydrogen) atoms. The van der Waals surface area contributed by atoms with E-state index in [1.165, 1.54) is 12.1 Å². The molecule has 6 heteroatoms. The Bertz CT molecular complexity index is 851. The number of benzene rings is 2. The van der Waals surface area contributed by atoms with Crippen LogP contribution in [0, 0.1) is 0 Å². The fourth-order valence-electron chi connectivity index (χ4n) is 2.49. The zero-order chi connectivity index (χ0) is 17.2. The molecule has 1 amide bonds. The Morgan fingerprint density at radius 2 is 1.79 bits per heavy atom. The van der Waals surface area contributed by atoms with Crippen LogP contribution in [-0.4, -0.2) is 17.4 Å². The fourth-order valence-corrected chi connectivity index (χ4v) is 2.49. The van der Waals surface area contributed by atoms with Crippen molar-refractivity contribution < 1.29 is 18.0 Å². The number of halogens is 3. The van der Waals surface area contributed by atoms with Gasteiger partial charge in [0.25, 0.3) is 5.91 Å². The molecule has 0 unspecified atom stereocenters. The first-order valence-electron chi connectivity index (χ1n) is 7.45. The fraction of sp³-hybridized carbons (Fsp3) is 0.167. The molecular weight excluding hydrogens is 317 g/mol. The monoisotopic (exact) mass is 332 g/mol. The van der Waals surface area contributed by atoms with Gasteiger partial charge in [0.1, 0.15) is 0 Å². The van der Waals surface area contributed by atoms with Gasteiger partial charge in [-0.25, -0.2) is 0 Å². The molecule has 3 nitrogen and oxygen atoms in total. The molecule has 1 aromatic heterocycles. The van der Waals surface area contributed by atoms with Crippen LogP contribution in [0.15, 0.2) is 54.7 Å². The first kappa shape index (κ1) is 16.1. The number of alkyl halides is 3. The first-order valence-corrected chi connectivity index (χ1v) is 7.45. The Hall–Kier alpha value is -2.76. The average molecular weight is 332 g/mol. The second-order valence-corrected chi connectivity index (χ2v) is 5.48. The van der Waals surface area contributed by atoms with Gasteiger partial charge in [0.05, 0.1) is 5.56 Å². The van der Waals surface area contributed by atoms with E-state index in [9.17, 15) is 18.0 Å². The number of amides is 1. The summed E-state index contributed by atoms with van der Waals surface area (Å²) in [5, 5.41) is 3.82. The Morgan fingerprint density at radius 3 is 2.50 bits per heavy atom. The second-order valence-electron chi connectivity index (χ2n) is 5.48. The predicted molar refractivity (Wildman–Crippen MR) is 85.8 cm³/mol. The molecule has 124 valence electrons. The van der Waals surface area contributed by atoms with E-state index in [-0.39, 0.29) is 11.5 Å². The molecule has 0 atom stereocenters. The van der Waals surface area contributed by atoms with E-state index in [0.29, 0.717) is 13.0 Å². The quantitative estimate of drug-likeness (QED) is 0.740. The normalized spacial score (nSPS) is 11.6. The van der Waals surface area contributed by atoms with Gasteiger partial charge in [0, 0.05) is 23.8 Å². The summed E-state index contributed by atoms with van der Waals surface area (Å²) in [6.45, 7) is 0.412. The Morgan fingerprint density at radius 1 is 1.04 bits per heavy atom. The number of rotatable bonds is 4. The van der Waals surface area contributed by atoms with Crippen molar-refractivity contribution in [2.24, 2.45) is 0 Å². The average Bonchev–Trinajstić information content (AvgIpc) is 3.02. The van der Waals surface area contributed by atoms with E-state index in [4.69, 9.17) is 0 Å². The second kappa shape index (κ2) is 6.39. The third-order valence-corrected chi connectivity index (χ3v) is 3.79. The molecule has 2 N–H and O–H groups in total. The molecular formula is C18H15F3N2O. The van der Waals surface area contributed by atoms with Crippen LogP contribution >= 0.6 is 0 Å². The Kier molecular flexibility index (Phi) is 4.29. The summed E-state index contributed by atoms with van der Waals surface area (Å²) in [7, 11) is 0. The lowest BCUT2D eigenvalue weighted by Crippen LogP contribution is -2.25. The van der Waals surface area contributed by atoms with Crippen molar-refractivity contribution in [1.29, 1.82) is 0 Å². The first-order chi connectivity index (χ1) is 11.4. The minimum absolute atomic E-state index is 0.212. The van der Waals surface area contributed by atoms with Crippen molar-refractivity contribution in [3.8, 4) is 0 Å². The van der Waals surface area contributed by atoms with E-state index in [1.54, 1.807) is 0 Å². The summed E-state index contributed by atoms with van der Waals surface area (Å²) in [5.41, 5.74) is 1.57. The highest BCUT2D eigenvalue weighted by Crippen LogP contribution is 2.29. The van der Waals surface area contributed by atoms with E-state index in [2.05, 4.69) is 10.3 Å². The summed E-state index contributed by atoms with van der Waals surface area (Å²) < 4.78 is 37.5. The van der Waals surface area contributed by atoms with E-state index < -0.39 is 11.7 Å². The van der Waals surface area contributed by atoms with Crippen LogP contribution in [0.5, 0.6) is 0 Å². The number of hydrogen-bond donors (Lipinski definition) is 2. The molecule has 3 rings (SSSR count). The van der Waals surface area contributed by atoms with Gasteiger partial charge >= 0.3 is 6.18 Å². The standard InChI is InChI=1S/C18H15F3N2O/c19-18(20,21)15-4-2-13(3-5-15)17(24)23-9-7-12-1-6-16-14(11-12)8-10-22-16/h1-6,8,10-11,22H,7,9H2,(H,23,24). The van der Waals surface area contributed by atoms with Gasteiger partial charge in [-0.15, -0.1) is 0 Å². The molecule has 3 aromatic rings. The summed E-state index contributed by atoms with van der Waals surface area (Å²) >= 11 is 0. The number of nitrogens with one attached hydrogen (secondary N) is 2. The maximum atomic E-state index is 12.5. The highest BCUT2D eigenvalue weighted by molar-refractivity contribution is 5.94. The molecule has 2 aromatic carbocycles. The van der Waals surface area contributed by atoms with Crippen molar-refractivity contribution in [3.63, 3.8) is 0 Å². The molecule has 0 fully saturated rings. The van der Waals surface area contributed by atoms with Gasteiger partial charge in [-0.3, -0.25) is 4.79 Å². The van der Waals surface area contributed by atoms with Gasteiger partial charge in [0.15, 0.2) is 0 Å². The van der Waals surface area contributed by atoms with E-state index >= 15 is 0 Å². The zero-order valence-electron chi connectivity index (χ0n) is 12.7. The lowest BCUT2D eigenvalue weighted by molar-refractivity contribution is -0.137. The molecule has 0 aliphatic carbocycles. The third-order valence-electron chi connectivity index (χ3n) is 3.79. The summed E-state index contributed by atoms with van der Waals surface area (Å²) in [5.74, 6) is -0.383. The number of H-pyrrole nitrogens is 1. The Labute approximate surface area is 136 Å². The van der Waals surface area contributed by atoms with E-state index in [1.807, 2.05) is 30.5 Å². The molecule has 0 bridgehead atoms. The topological polar surface area (TPSA) is 44.9 Å². The number of carbonyl (C=O) groups is 1. The molecule has 0 spiro atoms. The predicted octanol–water partition coefficient (Wildman–Crippen LogP) is 4.16. The number of fused-ring (bicyclic) bond motifs is 1. The Balaban J connectivity index is 1.57. The molecule has 0 radical (unpaired) electrons. The number of hydrogen-bond acceptors (Lipinski definition) is 1. The zero-order valence-corrected chi connectivity index (χ0v) is 12.7. The van der Waals surface area contributed by atoms with E-state index in [0.717, 1.165) is 28.6 Å². The van der Waals surface area contributed by atoms with Crippen LogP contribution in [0.3, 0.4) is 0 Å². The maximum absolute atomic E-state index is 12.5. The molecule has 0 saturated carbocycles. The summed E-state index contributed by atoms with van der Waals surface area (Å²) in [4.78, 5) is 15.1. The van der Waals surface area contributed by atoms with Crippen LogP contribution in [-0.2, 0) is 12.6 Å². The van der Waals surface area contributed by atoms with Crippen molar-refractivity contribution in [2.75, 3.05) is 6.54 Å². The van der Waals surface area contributed by atoms with Gasteiger partial charge in [-0.2, -0.15) is 13.2 Å². The highest BCUT2D eigenvalue weighted by Gasteiger charge is 2.30. The largest absolute Gasteiger partial charge is 0.416 e. The molecule has 1 heterocycles. The van der Waals surface area contributed by atoms with Crippen LogP contribution in [0.1, 0.15) is 21.5 Å². The number of aromatic amines is 1. The molecule has 0 aliphatic heterocycles.